The fourth-order valence-corrected chi connectivity index (χ4v) is 5.46. The molecular formula is C29H36N2O3. The molecule has 1 aromatic heterocycles. The molecule has 0 radical (unpaired) electrons. The monoisotopic (exact) mass is 460 g/mol. The van der Waals surface area contributed by atoms with Crippen LogP contribution in [0.3, 0.4) is 0 Å². The maximum absolute atomic E-state index is 12.2. The molecule has 1 unspecified atom stereocenters. The van der Waals surface area contributed by atoms with E-state index in [0.29, 0.717) is 11.8 Å². The summed E-state index contributed by atoms with van der Waals surface area (Å²) in [5.41, 5.74) is 1.88. The second-order valence-electron chi connectivity index (χ2n) is 9.46. The third-order valence-corrected chi connectivity index (χ3v) is 7.22. The molecular weight excluding hydrogens is 424 g/mol. The summed E-state index contributed by atoms with van der Waals surface area (Å²) in [6.45, 7) is 5.73. The SMILES string of the molecule is CCCCCC#C/C=C\[C@H]1CN2CC[C@H]1C[C@@H]2[C@@H](OC(C)=O)c1ccnc2ccc(OC)cc12. The molecule has 0 spiro atoms. The predicted octanol–water partition coefficient (Wildman–Crippen LogP) is 5.70. The molecule has 3 saturated heterocycles. The molecule has 180 valence electrons. The van der Waals surface area contributed by atoms with Crippen molar-refractivity contribution in [2.45, 2.75) is 64.5 Å². The summed E-state index contributed by atoms with van der Waals surface area (Å²) in [6.07, 6.45) is 12.7. The number of methoxy groups -OCH3 is 1. The molecule has 0 saturated carbocycles. The minimum Gasteiger partial charge on any atom is -0.497 e. The van der Waals surface area contributed by atoms with Gasteiger partial charge in [0.2, 0.25) is 0 Å². The summed E-state index contributed by atoms with van der Waals surface area (Å²) in [5, 5.41) is 0.977. The van der Waals surface area contributed by atoms with Gasteiger partial charge in [0.25, 0.3) is 0 Å². The van der Waals surface area contributed by atoms with Crippen LogP contribution in [0.25, 0.3) is 10.9 Å². The minimum absolute atomic E-state index is 0.157. The Morgan fingerprint density at radius 1 is 1.32 bits per heavy atom. The van der Waals surface area contributed by atoms with Crippen molar-refractivity contribution in [1.29, 1.82) is 0 Å². The number of fused-ring (bicyclic) bond motifs is 4. The number of hydrogen-bond acceptors (Lipinski definition) is 5. The van der Waals surface area contributed by atoms with E-state index in [2.05, 4.69) is 40.8 Å². The zero-order valence-electron chi connectivity index (χ0n) is 20.6. The van der Waals surface area contributed by atoms with Gasteiger partial charge >= 0.3 is 5.97 Å². The van der Waals surface area contributed by atoms with E-state index in [4.69, 9.17) is 9.47 Å². The number of pyridine rings is 1. The first kappa shape index (κ1) is 24.3. The number of esters is 1. The standard InChI is InChI=1S/C29H36N2O3/c1-4-5-6-7-8-9-10-11-23-20-31-17-15-22(23)18-28(31)29(34-21(2)32)25-14-16-30-27-13-12-24(33-3)19-26(25)27/h10-14,16,19,22-23,28-29H,4-7,15,17-18,20H2,1-3H3/b11-10-/t22-,23-,28+,29-/m0/s1. The average molecular weight is 461 g/mol. The predicted molar refractivity (Wildman–Crippen MR) is 135 cm³/mol. The van der Waals surface area contributed by atoms with Crippen molar-refractivity contribution in [2.75, 3.05) is 20.2 Å². The van der Waals surface area contributed by atoms with Crippen molar-refractivity contribution in [3.05, 3.63) is 48.2 Å². The van der Waals surface area contributed by atoms with Crippen LogP contribution in [0.15, 0.2) is 42.6 Å². The van der Waals surface area contributed by atoms with Crippen LogP contribution in [0.1, 0.15) is 64.0 Å². The quantitative estimate of drug-likeness (QED) is 0.287. The number of unbranched alkanes of at least 4 members (excludes halogenated alkanes) is 3. The van der Waals surface area contributed by atoms with Gasteiger partial charge in [0, 0.05) is 37.0 Å². The molecule has 1 aromatic carbocycles. The first-order valence-electron chi connectivity index (χ1n) is 12.6. The summed E-state index contributed by atoms with van der Waals surface area (Å²) < 4.78 is 11.5. The summed E-state index contributed by atoms with van der Waals surface area (Å²) in [4.78, 5) is 19.2. The lowest BCUT2D eigenvalue weighted by molar-refractivity contribution is -0.154. The van der Waals surface area contributed by atoms with Crippen molar-refractivity contribution in [2.24, 2.45) is 11.8 Å². The van der Waals surface area contributed by atoms with Gasteiger partial charge in [-0.15, -0.1) is 0 Å². The summed E-state index contributed by atoms with van der Waals surface area (Å²) in [5.74, 6) is 8.11. The van der Waals surface area contributed by atoms with E-state index < -0.39 is 0 Å². The summed E-state index contributed by atoms with van der Waals surface area (Å²) >= 11 is 0. The molecule has 3 aliphatic rings. The fraction of sp³-hybridized carbons (Fsp3) is 0.517. The van der Waals surface area contributed by atoms with Crippen LogP contribution in [0.5, 0.6) is 5.75 Å². The van der Waals surface area contributed by atoms with Gasteiger partial charge in [0.05, 0.1) is 18.7 Å². The second kappa shape index (κ2) is 11.5. The number of carbonyl (C=O) groups is 1. The van der Waals surface area contributed by atoms with Gasteiger partial charge in [0.15, 0.2) is 0 Å². The van der Waals surface area contributed by atoms with E-state index in [1.165, 1.54) is 32.6 Å². The van der Waals surface area contributed by atoms with Gasteiger partial charge in [-0.2, -0.15) is 0 Å². The van der Waals surface area contributed by atoms with Gasteiger partial charge in [-0.05, 0) is 68.0 Å². The fourth-order valence-electron chi connectivity index (χ4n) is 5.46. The number of hydrogen-bond donors (Lipinski definition) is 0. The van der Waals surface area contributed by atoms with Crippen molar-refractivity contribution < 1.29 is 14.3 Å². The molecule has 0 amide bonds. The van der Waals surface area contributed by atoms with Crippen molar-refractivity contribution in [1.82, 2.24) is 9.88 Å². The largest absolute Gasteiger partial charge is 0.497 e. The van der Waals surface area contributed by atoms with E-state index in [1.807, 2.05) is 30.5 Å². The highest BCUT2D eigenvalue weighted by Crippen LogP contribution is 2.43. The molecule has 4 heterocycles. The third-order valence-electron chi connectivity index (χ3n) is 7.22. The van der Waals surface area contributed by atoms with Crippen molar-refractivity contribution in [3.63, 3.8) is 0 Å². The Kier molecular flexibility index (Phi) is 8.24. The average Bonchev–Trinajstić information content (AvgIpc) is 2.86. The number of ether oxygens (including phenoxy) is 2. The lowest BCUT2D eigenvalue weighted by Crippen LogP contribution is -2.55. The minimum atomic E-state index is -0.332. The highest BCUT2D eigenvalue weighted by Gasteiger charge is 2.44. The number of nitrogens with zero attached hydrogens (tertiary/aromatic N) is 2. The van der Waals surface area contributed by atoms with Crippen LogP contribution >= 0.6 is 0 Å². The van der Waals surface area contributed by atoms with Crippen LogP contribution in [-0.2, 0) is 9.53 Å². The first-order valence-corrected chi connectivity index (χ1v) is 12.6. The molecule has 5 rings (SSSR count). The molecule has 3 aliphatic heterocycles. The van der Waals surface area contributed by atoms with Gasteiger partial charge in [0.1, 0.15) is 11.9 Å². The van der Waals surface area contributed by atoms with Crippen molar-refractivity contribution in [3.8, 4) is 17.6 Å². The molecule has 2 bridgehead atoms. The first-order chi connectivity index (χ1) is 16.6. The number of rotatable bonds is 8. The highest BCUT2D eigenvalue weighted by atomic mass is 16.5. The second-order valence-corrected chi connectivity index (χ2v) is 9.46. The molecule has 3 fully saturated rings. The maximum Gasteiger partial charge on any atom is 0.303 e. The van der Waals surface area contributed by atoms with Gasteiger partial charge < -0.3 is 9.47 Å². The Labute approximate surface area is 203 Å². The topological polar surface area (TPSA) is 51.7 Å². The van der Waals surface area contributed by atoms with E-state index >= 15 is 0 Å². The number of piperidine rings is 3. The van der Waals surface area contributed by atoms with Crippen LogP contribution < -0.4 is 4.74 Å². The number of benzene rings is 1. The van der Waals surface area contributed by atoms with Gasteiger partial charge in [-0.3, -0.25) is 14.7 Å². The zero-order chi connectivity index (χ0) is 23.9. The van der Waals surface area contributed by atoms with Gasteiger partial charge in [-0.25, -0.2) is 0 Å². The van der Waals surface area contributed by atoms with Crippen LogP contribution in [-0.4, -0.2) is 42.1 Å². The molecule has 5 heteroatoms. The molecule has 5 atom stereocenters. The Morgan fingerprint density at radius 3 is 2.94 bits per heavy atom. The lowest BCUT2D eigenvalue weighted by atomic mass is 9.73. The lowest BCUT2D eigenvalue weighted by Gasteiger charge is -2.51. The van der Waals surface area contributed by atoms with E-state index in [-0.39, 0.29) is 18.1 Å². The smallest absolute Gasteiger partial charge is 0.303 e. The zero-order valence-corrected chi connectivity index (χ0v) is 20.6. The maximum atomic E-state index is 12.2. The van der Waals surface area contributed by atoms with E-state index in [9.17, 15) is 4.79 Å². The molecule has 0 N–H and O–H groups in total. The number of allylic oxidation sites excluding steroid dienone is 1. The molecule has 0 aliphatic carbocycles. The summed E-state index contributed by atoms with van der Waals surface area (Å²) in [7, 11) is 1.66. The number of carbonyl (C=O) groups excluding carboxylic acids is 1. The Bertz CT molecular complexity index is 1080. The van der Waals surface area contributed by atoms with Crippen molar-refractivity contribution >= 4 is 16.9 Å². The van der Waals surface area contributed by atoms with Crippen LogP contribution in [0.4, 0.5) is 0 Å². The number of aromatic nitrogens is 1. The van der Waals surface area contributed by atoms with Crippen LogP contribution in [0, 0.1) is 23.7 Å². The Balaban J connectivity index is 1.54. The molecule has 5 nitrogen and oxygen atoms in total. The van der Waals surface area contributed by atoms with Crippen LogP contribution in [0.2, 0.25) is 0 Å². The third kappa shape index (κ3) is 5.62. The molecule has 2 aromatic rings. The normalized spacial score (nSPS) is 24.6. The highest BCUT2D eigenvalue weighted by molar-refractivity contribution is 5.84. The van der Waals surface area contributed by atoms with E-state index in [0.717, 1.165) is 48.1 Å². The summed E-state index contributed by atoms with van der Waals surface area (Å²) in [6, 6.07) is 8.01. The van der Waals surface area contributed by atoms with Gasteiger partial charge in [-0.1, -0.05) is 37.7 Å². The Morgan fingerprint density at radius 2 is 2.21 bits per heavy atom. The molecule has 34 heavy (non-hydrogen) atoms. The Hall–Kier alpha value is -2.84. The van der Waals surface area contributed by atoms with E-state index in [1.54, 1.807) is 7.11 Å².